The monoisotopic (exact) mass is 477 g/mol. The molecule has 0 bridgehead atoms. The molecule has 0 N–H and O–H groups in total. The second kappa shape index (κ2) is 10.00. The fraction of sp³-hybridized carbons (Fsp3) is 0.280. The molecule has 0 amide bonds. The van der Waals surface area contributed by atoms with E-state index in [4.69, 9.17) is 0 Å². The molecule has 32 heavy (non-hydrogen) atoms. The summed E-state index contributed by atoms with van der Waals surface area (Å²) in [6.07, 6.45) is 3.01. The van der Waals surface area contributed by atoms with Gasteiger partial charge in [0.15, 0.2) is 0 Å². The van der Waals surface area contributed by atoms with Gasteiger partial charge in [-0.2, -0.15) is 0 Å². The van der Waals surface area contributed by atoms with Gasteiger partial charge in [0.2, 0.25) is 0 Å². The van der Waals surface area contributed by atoms with E-state index in [9.17, 15) is 8.78 Å². The van der Waals surface area contributed by atoms with E-state index in [1.165, 1.54) is 29.8 Å². The van der Waals surface area contributed by atoms with Gasteiger partial charge in [-0.1, -0.05) is 30.3 Å². The molecule has 3 aromatic carbocycles. The van der Waals surface area contributed by atoms with Crippen molar-refractivity contribution >= 4 is 26.8 Å². The lowest BCUT2D eigenvalue weighted by molar-refractivity contribution is 0.565. The van der Waals surface area contributed by atoms with Crippen LogP contribution >= 0.6 is 16.1 Å². The molecule has 1 heterocycles. The van der Waals surface area contributed by atoms with Crippen molar-refractivity contribution < 1.29 is 17.6 Å². The maximum atomic E-state index is 15.1. The molecular formula is C25H25F4NP2. The molecule has 1 nitrogen and oxygen atoms in total. The van der Waals surface area contributed by atoms with Crippen LogP contribution in [0.15, 0.2) is 66.7 Å². The molecule has 1 saturated heterocycles. The Morgan fingerprint density at radius 3 is 1.91 bits per heavy atom. The first kappa shape index (κ1) is 23.4. The molecule has 0 radical (unpaired) electrons. The molecule has 1 fully saturated rings. The maximum Gasteiger partial charge on any atom is 0.135 e. The Kier molecular flexibility index (Phi) is 7.30. The summed E-state index contributed by atoms with van der Waals surface area (Å²) in [5.74, 6) is -2.75. The van der Waals surface area contributed by atoms with Crippen LogP contribution in [-0.2, 0) is 0 Å². The lowest BCUT2D eigenvalue weighted by atomic mass is 10.1. The minimum atomic E-state index is -1.67. The topological polar surface area (TPSA) is 3.24 Å². The molecule has 7 heteroatoms. The van der Waals surface area contributed by atoms with Crippen molar-refractivity contribution in [2.75, 3.05) is 6.16 Å². The van der Waals surface area contributed by atoms with E-state index < -0.39 is 39.4 Å². The smallest absolute Gasteiger partial charge is 0.135 e. The van der Waals surface area contributed by atoms with Gasteiger partial charge in [-0.05, 0) is 70.8 Å². The van der Waals surface area contributed by atoms with Crippen LogP contribution in [-0.4, -0.2) is 16.6 Å². The fourth-order valence-corrected chi connectivity index (χ4v) is 11.5. The quantitative estimate of drug-likeness (QED) is 0.267. The second-order valence-corrected chi connectivity index (χ2v) is 12.9. The highest BCUT2D eigenvalue weighted by atomic mass is 31.2. The highest BCUT2D eigenvalue weighted by Crippen LogP contribution is 2.68. The third-order valence-electron chi connectivity index (χ3n) is 5.61. The summed E-state index contributed by atoms with van der Waals surface area (Å²) in [5.41, 5.74) is 1.52. The minimum Gasteiger partial charge on any atom is -0.249 e. The molecule has 0 saturated carbocycles. The first-order valence-electron chi connectivity index (χ1n) is 10.7. The van der Waals surface area contributed by atoms with Gasteiger partial charge in [0.1, 0.15) is 23.3 Å². The zero-order chi connectivity index (χ0) is 22.8. The first-order chi connectivity index (χ1) is 15.4. The molecule has 2 atom stereocenters. The van der Waals surface area contributed by atoms with E-state index in [1.807, 2.05) is 32.0 Å². The summed E-state index contributed by atoms with van der Waals surface area (Å²) >= 11 is 0. The van der Waals surface area contributed by atoms with Gasteiger partial charge >= 0.3 is 0 Å². The van der Waals surface area contributed by atoms with Crippen molar-refractivity contribution in [1.82, 2.24) is 4.44 Å². The molecule has 1 aliphatic rings. The van der Waals surface area contributed by atoms with Gasteiger partial charge in [0.05, 0.1) is 0 Å². The van der Waals surface area contributed by atoms with Crippen LogP contribution in [0.2, 0.25) is 0 Å². The van der Waals surface area contributed by atoms with Crippen LogP contribution in [0.4, 0.5) is 17.6 Å². The SMILES string of the molecule is CC(C)N(P(c1ccc(F)cc1F)c1ccc(F)cc1F)P1CCCC1c1ccccc1. The first-order valence-corrected chi connectivity index (χ1v) is 13.5. The summed E-state index contributed by atoms with van der Waals surface area (Å²) in [7, 11) is -2.44. The normalized spacial score (nSPS) is 18.8. The van der Waals surface area contributed by atoms with Crippen LogP contribution in [0.1, 0.15) is 37.9 Å². The molecule has 3 aromatic rings. The van der Waals surface area contributed by atoms with Crippen molar-refractivity contribution in [2.24, 2.45) is 0 Å². The predicted octanol–water partition coefficient (Wildman–Crippen LogP) is 7.23. The van der Waals surface area contributed by atoms with Crippen molar-refractivity contribution in [3.8, 4) is 0 Å². The van der Waals surface area contributed by atoms with Crippen LogP contribution in [0.3, 0.4) is 0 Å². The molecule has 0 spiro atoms. The van der Waals surface area contributed by atoms with E-state index in [-0.39, 0.29) is 22.3 Å². The van der Waals surface area contributed by atoms with Gasteiger partial charge in [-0.25, -0.2) is 22.0 Å². The van der Waals surface area contributed by atoms with Crippen LogP contribution in [0, 0.1) is 23.3 Å². The average molecular weight is 477 g/mol. The zero-order valence-electron chi connectivity index (χ0n) is 18.0. The molecule has 0 aromatic heterocycles. The number of nitrogens with zero attached hydrogens (tertiary/aromatic N) is 1. The summed E-state index contributed by atoms with van der Waals surface area (Å²) in [5, 5.41) is 0.531. The summed E-state index contributed by atoms with van der Waals surface area (Å²) in [4.78, 5) is 0. The Morgan fingerprint density at radius 1 is 0.844 bits per heavy atom. The van der Waals surface area contributed by atoms with Crippen molar-refractivity contribution in [3.05, 3.63) is 95.6 Å². The highest BCUT2D eigenvalue weighted by molar-refractivity contribution is 7.79. The number of hydrogen-bond acceptors (Lipinski definition) is 1. The van der Waals surface area contributed by atoms with Gasteiger partial charge in [-0.15, -0.1) is 0 Å². The van der Waals surface area contributed by atoms with E-state index >= 15 is 8.78 Å². The second-order valence-electron chi connectivity index (χ2n) is 8.15. The number of benzene rings is 3. The van der Waals surface area contributed by atoms with Crippen molar-refractivity contribution in [1.29, 1.82) is 0 Å². The van der Waals surface area contributed by atoms with E-state index in [0.29, 0.717) is 0 Å². The van der Waals surface area contributed by atoms with Crippen molar-refractivity contribution in [2.45, 2.75) is 38.4 Å². The minimum absolute atomic E-state index is 0.00885. The molecule has 2 unspecified atom stereocenters. The Morgan fingerprint density at radius 2 is 1.41 bits per heavy atom. The lowest BCUT2D eigenvalue weighted by Gasteiger charge is -2.42. The zero-order valence-corrected chi connectivity index (χ0v) is 19.8. The van der Waals surface area contributed by atoms with Gasteiger partial charge in [0, 0.05) is 42.5 Å². The largest absolute Gasteiger partial charge is 0.249 e. The van der Waals surface area contributed by atoms with Crippen LogP contribution in [0.25, 0.3) is 0 Å². The van der Waals surface area contributed by atoms with E-state index in [2.05, 4.69) is 16.6 Å². The fourth-order valence-electron chi connectivity index (χ4n) is 4.31. The van der Waals surface area contributed by atoms with Crippen molar-refractivity contribution in [3.63, 3.8) is 0 Å². The Labute approximate surface area is 189 Å². The van der Waals surface area contributed by atoms with Crippen LogP contribution in [0.5, 0.6) is 0 Å². The standard InChI is InChI=1S/C25H25F4NP2/c1-17(2)30(31-14-6-9-23(31)18-7-4-3-5-8-18)32(24-12-10-19(26)15-21(24)28)25-13-11-20(27)16-22(25)29/h3-5,7-8,10-13,15-17,23H,6,9,14H2,1-2H3. The number of halogens is 4. The molecule has 168 valence electrons. The molecule has 1 aliphatic heterocycles. The number of hydrogen-bond donors (Lipinski definition) is 0. The molecular weight excluding hydrogens is 452 g/mol. The van der Waals surface area contributed by atoms with Gasteiger partial charge in [0.25, 0.3) is 0 Å². The highest BCUT2D eigenvalue weighted by Gasteiger charge is 2.40. The maximum absolute atomic E-state index is 15.1. The number of rotatable bonds is 6. The average Bonchev–Trinajstić information content (AvgIpc) is 3.22. The summed E-state index contributed by atoms with van der Waals surface area (Å²) in [6, 6.07) is 17.2. The molecule has 4 rings (SSSR count). The lowest BCUT2D eigenvalue weighted by Crippen LogP contribution is -2.33. The summed E-state index contributed by atoms with van der Waals surface area (Å²) < 4.78 is 59.9. The predicted molar refractivity (Wildman–Crippen MR) is 126 cm³/mol. The van der Waals surface area contributed by atoms with Crippen LogP contribution < -0.4 is 10.6 Å². The van der Waals surface area contributed by atoms with Gasteiger partial charge < -0.3 is 0 Å². The third-order valence-corrected chi connectivity index (χ3v) is 12.4. The molecule has 0 aliphatic carbocycles. The Hall–Kier alpha value is -1.80. The Bertz CT molecular complexity index is 1030. The Balaban J connectivity index is 1.87. The summed E-state index contributed by atoms with van der Waals surface area (Å²) in [6.45, 7) is 4.06. The van der Waals surface area contributed by atoms with E-state index in [0.717, 1.165) is 31.1 Å². The van der Waals surface area contributed by atoms with Gasteiger partial charge in [-0.3, -0.25) is 0 Å². The van der Waals surface area contributed by atoms with E-state index in [1.54, 1.807) is 0 Å². The third kappa shape index (κ3) is 4.76.